The Morgan fingerprint density at radius 3 is 2.39 bits per heavy atom. The number of rotatable bonds is 6. The molecule has 1 aliphatic heterocycles. The van der Waals surface area contributed by atoms with Gasteiger partial charge in [-0.1, -0.05) is 53.0 Å². The fourth-order valence-electron chi connectivity index (χ4n) is 4.05. The van der Waals surface area contributed by atoms with E-state index < -0.39 is 10.0 Å². The first-order chi connectivity index (χ1) is 14.6. The van der Waals surface area contributed by atoms with Gasteiger partial charge < -0.3 is 5.32 Å². The van der Waals surface area contributed by atoms with Crippen molar-refractivity contribution in [2.45, 2.75) is 45.4 Å². The number of amides is 1. The Morgan fingerprint density at radius 1 is 1.10 bits per heavy atom. The SMILES string of the molecule is Cc1ccc([C@@H](C)NC(=O)C2CCN(S(=O)(=O)Cc3ccc(Cl)c(Cl)c3)CC2)c(C)c1. The van der Waals surface area contributed by atoms with Crippen LogP contribution < -0.4 is 5.32 Å². The molecule has 0 unspecified atom stereocenters. The molecule has 1 heterocycles. The number of carbonyl (C=O) groups is 1. The van der Waals surface area contributed by atoms with E-state index in [4.69, 9.17) is 23.2 Å². The van der Waals surface area contributed by atoms with Crippen LogP contribution in [0.4, 0.5) is 0 Å². The van der Waals surface area contributed by atoms with Gasteiger partial charge in [-0.15, -0.1) is 0 Å². The van der Waals surface area contributed by atoms with Crippen LogP contribution in [0.15, 0.2) is 36.4 Å². The van der Waals surface area contributed by atoms with Gasteiger partial charge in [0.25, 0.3) is 0 Å². The van der Waals surface area contributed by atoms with Crippen LogP contribution >= 0.6 is 23.2 Å². The van der Waals surface area contributed by atoms with E-state index in [1.165, 1.54) is 9.87 Å². The molecule has 2 aromatic rings. The summed E-state index contributed by atoms with van der Waals surface area (Å²) in [5.74, 6) is -0.344. The molecule has 5 nitrogen and oxygen atoms in total. The molecule has 1 amide bonds. The summed E-state index contributed by atoms with van der Waals surface area (Å²) in [6, 6.07) is 11.0. The van der Waals surface area contributed by atoms with Crippen molar-refractivity contribution in [3.05, 3.63) is 68.7 Å². The number of sulfonamides is 1. The minimum Gasteiger partial charge on any atom is -0.349 e. The van der Waals surface area contributed by atoms with E-state index >= 15 is 0 Å². The molecular weight excluding hydrogens is 455 g/mol. The maximum absolute atomic E-state index is 12.8. The summed E-state index contributed by atoms with van der Waals surface area (Å²) in [4.78, 5) is 12.8. The van der Waals surface area contributed by atoms with Crippen molar-refractivity contribution < 1.29 is 13.2 Å². The zero-order valence-corrected chi connectivity index (χ0v) is 20.3. The van der Waals surface area contributed by atoms with Crippen molar-refractivity contribution in [3.8, 4) is 0 Å². The summed E-state index contributed by atoms with van der Waals surface area (Å²) < 4.78 is 27.1. The maximum atomic E-state index is 12.8. The lowest BCUT2D eigenvalue weighted by Gasteiger charge is -2.31. The molecule has 0 aliphatic carbocycles. The number of piperidine rings is 1. The molecule has 1 atom stereocenters. The third-order valence-corrected chi connectivity index (χ3v) is 8.39. The van der Waals surface area contributed by atoms with E-state index in [2.05, 4.69) is 11.4 Å². The van der Waals surface area contributed by atoms with E-state index in [0.29, 0.717) is 41.5 Å². The average molecular weight is 483 g/mol. The van der Waals surface area contributed by atoms with Crippen molar-refractivity contribution in [2.75, 3.05) is 13.1 Å². The van der Waals surface area contributed by atoms with Crippen molar-refractivity contribution in [1.82, 2.24) is 9.62 Å². The summed E-state index contributed by atoms with van der Waals surface area (Å²) in [7, 11) is -3.49. The molecular formula is C23H28Cl2N2O3S. The predicted octanol–water partition coefficient (Wildman–Crippen LogP) is 5.03. The summed E-state index contributed by atoms with van der Waals surface area (Å²) in [5.41, 5.74) is 4.03. The molecule has 2 aromatic carbocycles. The van der Waals surface area contributed by atoms with Gasteiger partial charge in [-0.05, 0) is 62.4 Å². The quantitative estimate of drug-likeness (QED) is 0.627. The highest BCUT2D eigenvalue weighted by Gasteiger charge is 2.31. The van der Waals surface area contributed by atoms with Crippen LogP contribution in [0.1, 0.15) is 48.1 Å². The zero-order valence-electron chi connectivity index (χ0n) is 18.0. The smallest absolute Gasteiger partial charge is 0.223 e. The topological polar surface area (TPSA) is 66.5 Å². The largest absolute Gasteiger partial charge is 0.349 e. The zero-order chi connectivity index (χ0) is 22.8. The Morgan fingerprint density at radius 2 is 1.77 bits per heavy atom. The first-order valence-corrected chi connectivity index (χ1v) is 12.7. The molecule has 0 aromatic heterocycles. The number of aryl methyl sites for hydroxylation is 2. The van der Waals surface area contributed by atoms with Gasteiger partial charge in [0.1, 0.15) is 0 Å². The number of halogens is 2. The molecule has 8 heteroatoms. The van der Waals surface area contributed by atoms with E-state index in [1.54, 1.807) is 18.2 Å². The fourth-order valence-corrected chi connectivity index (χ4v) is 5.92. The number of benzene rings is 2. The molecule has 1 saturated heterocycles. The average Bonchev–Trinajstić information content (AvgIpc) is 2.70. The minimum absolute atomic E-state index is 0.0194. The van der Waals surface area contributed by atoms with Gasteiger partial charge in [-0.3, -0.25) is 4.79 Å². The fraction of sp³-hybridized carbons (Fsp3) is 0.435. The summed E-state index contributed by atoms with van der Waals surface area (Å²) >= 11 is 11.9. The third-order valence-electron chi connectivity index (χ3n) is 5.80. The first-order valence-electron chi connectivity index (χ1n) is 10.4. The van der Waals surface area contributed by atoms with Gasteiger partial charge in [-0.2, -0.15) is 0 Å². The monoisotopic (exact) mass is 482 g/mol. The number of carbonyl (C=O) groups excluding carboxylic acids is 1. The summed E-state index contributed by atoms with van der Waals surface area (Å²) in [6.07, 6.45) is 1.01. The number of hydrogen-bond acceptors (Lipinski definition) is 3. The lowest BCUT2D eigenvalue weighted by Crippen LogP contribution is -2.43. The number of hydrogen-bond donors (Lipinski definition) is 1. The molecule has 1 N–H and O–H groups in total. The van der Waals surface area contributed by atoms with Crippen molar-refractivity contribution in [3.63, 3.8) is 0 Å². The molecule has 31 heavy (non-hydrogen) atoms. The van der Waals surface area contributed by atoms with Gasteiger partial charge in [0.2, 0.25) is 15.9 Å². The van der Waals surface area contributed by atoms with Crippen molar-refractivity contribution in [1.29, 1.82) is 0 Å². The van der Waals surface area contributed by atoms with Crippen LogP contribution in [-0.2, 0) is 20.6 Å². The molecule has 0 radical (unpaired) electrons. The highest BCUT2D eigenvalue weighted by Crippen LogP contribution is 2.27. The Labute approximate surface area is 194 Å². The highest BCUT2D eigenvalue weighted by atomic mass is 35.5. The number of nitrogens with one attached hydrogen (secondary N) is 1. The molecule has 3 rings (SSSR count). The first kappa shape index (κ1) is 24.1. The van der Waals surface area contributed by atoms with E-state index in [0.717, 1.165) is 11.1 Å². The van der Waals surface area contributed by atoms with Crippen LogP contribution in [0.2, 0.25) is 10.0 Å². The number of nitrogens with zero attached hydrogens (tertiary/aromatic N) is 1. The molecule has 0 bridgehead atoms. The molecule has 1 fully saturated rings. The molecule has 0 saturated carbocycles. The van der Waals surface area contributed by atoms with Crippen LogP contribution in [-0.4, -0.2) is 31.7 Å². The van der Waals surface area contributed by atoms with Gasteiger partial charge in [0.15, 0.2) is 0 Å². The second-order valence-electron chi connectivity index (χ2n) is 8.27. The Kier molecular flexibility index (Phi) is 7.68. The van der Waals surface area contributed by atoms with E-state index in [1.807, 2.05) is 32.9 Å². The lowest BCUT2D eigenvalue weighted by molar-refractivity contribution is -0.126. The molecule has 0 spiro atoms. The predicted molar refractivity (Wildman–Crippen MR) is 126 cm³/mol. The van der Waals surface area contributed by atoms with Crippen LogP contribution in [0.3, 0.4) is 0 Å². The standard InChI is InChI=1S/C23H28Cl2N2O3S/c1-15-4-6-20(16(2)12-15)17(3)26-23(28)19-8-10-27(11-9-19)31(29,30)14-18-5-7-21(24)22(25)13-18/h4-7,12-13,17,19H,8-11,14H2,1-3H3,(H,26,28)/t17-/m1/s1. The summed E-state index contributed by atoms with van der Waals surface area (Å²) in [5, 5.41) is 3.83. The highest BCUT2D eigenvalue weighted by molar-refractivity contribution is 7.88. The minimum atomic E-state index is -3.49. The van der Waals surface area contributed by atoms with Crippen LogP contribution in [0.25, 0.3) is 0 Å². The third kappa shape index (κ3) is 6.01. The van der Waals surface area contributed by atoms with Gasteiger partial charge >= 0.3 is 0 Å². The van der Waals surface area contributed by atoms with Gasteiger partial charge in [-0.25, -0.2) is 12.7 Å². The maximum Gasteiger partial charge on any atom is 0.223 e. The molecule has 168 valence electrons. The van der Waals surface area contributed by atoms with Crippen LogP contribution in [0.5, 0.6) is 0 Å². The van der Waals surface area contributed by atoms with Crippen molar-refractivity contribution in [2.24, 2.45) is 5.92 Å². The Bertz CT molecular complexity index is 1060. The lowest BCUT2D eigenvalue weighted by atomic mass is 9.95. The van der Waals surface area contributed by atoms with Gasteiger partial charge in [0, 0.05) is 19.0 Å². The van der Waals surface area contributed by atoms with E-state index in [-0.39, 0.29) is 23.6 Å². The van der Waals surface area contributed by atoms with Gasteiger partial charge in [0.05, 0.1) is 21.8 Å². The second kappa shape index (κ2) is 9.90. The second-order valence-corrected chi connectivity index (χ2v) is 11.1. The Hall–Kier alpha value is -1.60. The normalized spacial score (nSPS) is 16.8. The van der Waals surface area contributed by atoms with Crippen LogP contribution in [0, 0.1) is 19.8 Å². The van der Waals surface area contributed by atoms with E-state index in [9.17, 15) is 13.2 Å². The van der Waals surface area contributed by atoms with Crippen molar-refractivity contribution >= 4 is 39.1 Å². The Balaban J connectivity index is 1.56. The molecule has 1 aliphatic rings. The summed E-state index contributed by atoms with van der Waals surface area (Å²) in [6.45, 7) is 6.73.